The Bertz CT molecular complexity index is 2110. The molecule has 5 aliphatic heterocycles. The number of hydrogen-bond donors (Lipinski definition) is 0. The number of carbonyl (C=O) groups excluding carboxylic acids is 1. The van der Waals surface area contributed by atoms with Gasteiger partial charge in [0.1, 0.15) is 35.4 Å². The second-order valence-corrected chi connectivity index (χ2v) is 17.2. The first-order chi connectivity index (χ1) is 25.9. The van der Waals surface area contributed by atoms with Crippen LogP contribution in [0.4, 0.5) is 19.4 Å². The molecule has 8 heterocycles. The SMILES string of the molecule is Cc1c(Cl)cc2c(cnn2C2CCCCO2)c1-c1ncc2c(N3CC4CCC(C3)N4C(=O)OC(C)(C)C)nc(OC[C@@]34CCCN3C[C@H](F)C4)nc2c1F. The summed E-state index contributed by atoms with van der Waals surface area (Å²) in [6.45, 7) is 10.5. The number of nitrogens with zero attached hydrogens (tertiary/aromatic N) is 8. The summed E-state index contributed by atoms with van der Waals surface area (Å²) in [4.78, 5) is 33.8. The highest BCUT2D eigenvalue weighted by atomic mass is 35.5. The third kappa shape index (κ3) is 6.12. The minimum Gasteiger partial charge on any atom is -0.461 e. The minimum absolute atomic E-state index is 0.0224. The van der Waals surface area contributed by atoms with Crippen molar-refractivity contribution in [1.29, 1.82) is 0 Å². The van der Waals surface area contributed by atoms with E-state index in [1.807, 2.05) is 43.3 Å². The normalized spacial score (nSPS) is 27.3. The second-order valence-electron chi connectivity index (χ2n) is 16.8. The van der Waals surface area contributed by atoms with E-state index in [1.165, 1.54) is 0 Å². The van der Waals surface area contributed by atoms with Gasteiger partial charge >= 0.3 is 12.1 Å². The first-order valence-electron chi connectivity index (χ1n) is 19.3. The van der Waals surface area contributed by atoms with Crippen LogP contribution in [0.25, 0.3) is 33.1 Å². The monoisotopic (exact) mass is 764 g/mol. The number of halogens is 3. The van der Waals surface area contributed by atoms with Crippen molar-refractivity contribution in [2.75, 3.05) is 44.3 Å². The summed E-state index contributed by atoms with van der Waals surface area (Å²) in [6.07, 6.45) is 8.51. The molecule has 288 valence electrons. The van der Waals surface area contributed by atoms with Gasteiger partial charge in [0.2, 0.25) is 0 Å². The number of alkyl halides is 1. The highest BCUT2D eigenvalue weighted by Crippen LogP contribution is 2.43. The smallest absolute Gasteiger partial charge is 0.410 e. The molecule has 54 heavy (non-hydrogen) atoms. The van der Waals surface area contributed by atoms with E-state index in [-0.39, 0.29) is 48.2 Å². The van der Waals surface area contributed by atoms with Gasteiger partial charge in [-0.15, -0.1) is 0 Å². The third-order valence-corrected chi connectivity index (χ3v) is 12.4. The summed E-state index contributed by atoms with van der Waals surface area (Å²) in [6, 6.07) is 1.66. The van der Waals surface area contributed by atoms with Gasteiger partial charge in [-0.3, -0.25) is 14.8 Å². The lowest BCUT2D eigenvalue weighted by Gasteiger charge is -2.42. The Morgan fingerprint density at radius 2 is 1.87 bits per heavy atom. The molecule has 12 nitrogen and oxygen atoms in total. The van der Waals surface area contributed by atoms with Crippen molar-refractivity contribution < 1.29 is 27.8 Å². The zero-order valence-corrected chi connectivity index (χ0v) is 32.0. The van der Waals surface area contributed by atoms with E-state index >= 15 is 4.39 Å². The van der Waals surface area contributed by atoms with Gasteiger partial charge < -0.3 is 19.1 Å². The molecule has 0 spiro atoms. The maximum atomic E-state index is 17.3. The Kier molecular flexibility index (Phi) is 8.89. The molecule has 5 aliphatic rings. The average Bonchev–Trinajstić information content (AvgIpc) is 3.87. The van der Waals surface area contributed by atoms with Gasteiger partial charge in [-0.25, -0.2) is 18.3 Å². The number of ether oxygens (including phenoxy) is 3. The van der Waals surface area contributed by atoms with E-state index in [0.29, 0.717) is 65.4 Å². The largest absolute Gasteiger partial charge is 0.461 e. The Hall–Kier alpha value is -3.88. The summed E-state index contributed by atoms with van der Waals surface area (Å²) in [5.41, 5.74) is 1.04. The van der Waals surface area contributed by atoms with E-state index in [4.69, 9.17) is 40.8 Å². The first kappa shape index (κ1) is 35.8. The summed E-state index contributed by atoms with van der Waals surface area (Å²) < 4.78 is 52.0. The average molecular weight is 765 g/mol. The zero-order valence-electron chi connectivity index (χ0n) is 31.3. The van der Waals surface area contributed by atoms with Crippen LogP contribution in [0.1, 0.15) is 83.9 Å². The van der Waals surface area contributed by atoms with Gasteiger partial charge in [-0.05, 0) is 90.8 Å². The van der Waals surface area contributed by atoms with E-state index < -0.39 is 23.1 Å². The fraction of sp³-hybridized carbons (Fsp3) is 0.615. The molecule has 15 heteroatoms. The molecule has 3 aromatic heterocycles. The molecule has 5 atom stereocenters. The van der Waals surface area contributed by atoms with Crippen molar-refractivity contribution in [3.63, 3.8) is 0 Å². The van der Waals surface area contributed by atoms with Gasteiger partial charge in [0, 0.05) is 54.8 Å². The fourth-order valence-corrected chi connectivity index (χ4v) is 9.74. The van der Waals surface area contributed by atoms with Gasteiger partial charge in [0.15, 0.2) is 12.0 Å². The van der Waals surface area contributed by atoms with Crippen LogP contribution in [0.3, 0.4) is 0 Å². The van der Waals surface area contributed by atoms with Crippen LogP contribution in [0.15, 0.2) is 18.5 Å². The first-order valence-corrected chi connectivity index (χ1v) is 19.7. The molecule has 2 bridgehead atoms. The van der Waals surface area contributed by atoms with Crippen molar-refractivity contribution in [2.45, 2.75) is 115 Å². The van der Waals surface area contributed by atoms with Gasteiger partial charge in [0.05, 0.1) is 34.7 Å². The van der Waals surface area contributed by atoms with Crippen molar-refractivity contribution in [1.82, 2.24) is 34.5 Å². The van der Waals surface area contributed by atoms with E-state index in [1.54, 1.807) is 12.4 Å². The quantitative estimate of drug-likeness (QED) is 0.197. The van der Waals surface area contributed by atoms with Crippen LogP contribution in [0, 0.1) is 12.7 Å². The number of anilines is 1. The Morgan fingerprint density at radius 1 is 1.07 bits per heavy atom. The number of aromatic nitrogens is 5. The predicted molar refractivity (Wildman–Crippen MR) is 200 cm³/mol. The molecule has 1 amide bonds. The van der Waals surface area contributed by atoms with Crippen LogP contribution >= 0.6 is 11.6 Å². The number of fused-ring (bicyclic) bond motifs is 5. The van der Waals surface area contributed by atoms with Gasteiger partial charge in [0.25, 0.3) is 0 Å². The molecule has 0 radical (unpaired) electrons. The summed E-state index contributed by atoms with van der Waals surface area (Å²) in [7, 11) is 0. The number of carbonyl (C=O) groups is 1. The number of pyridine rings is 1. The molecule has 0 N–H and O–H groups in total. The summed E-state index contributed by atoms with van der Waals surface area (Å²) >= 11 is 6.84. The van der Waals surface area contributed by atoms with Crippen molar-refractivity contribution >= 4 is 45.3 Å². The second kappa shape index (κ2) is 13.4. The topological polar surface area (TPSA) is 111 Å². The lowest BCUT2D eigenvalue weighted by Crippen LogP contribution is -2.57. The molecule has 5 fully saturated rings. The molecule has 4 aromatic rings. The lowest BCUT2D eigenvalue weighted by atomic mass is 9.95. The highest BCUT2D eigenvalue weighted by Gasteiger charge is 2.50. The lowest BCUT2D eigenvalue weighted by molar-refractivity contribution is -0.0366. The molecular formula is C39H47ClF2N8O4. The molecule has 3 unspecified atom stereocenters. The number of hydrogen-bond acceptors (Lipinski definition) is 10. The van der Waals surface area contributed by atoms with Crippen LogP contribution in [0.2, 0.25) is 5.02 Å². The van der Waals surface area contributed by atoms with Crippen LogP contribution in [0.5, 0.6) is 6.01 Å². The summed E-state index contributed by atoms with van der Waals surface area (Å²) in [5, 5.41) is 6.29. The maximum Gasteiger partial charge on any atom is 0.410 e. The van der Waals surface area contributed by atoms with Crippen LogP contribution in [-0.4, -0.2) is 109 Å². The molecule has 0 aliphatic carbocycles. The zero-order chi connectivity index (χ0) is 37.5. The molecule has 1 aromatic carbocycles. The third-order valence-electron chi connectivity index (χ3n) is 12.0. The van der Waals surface area contributed by atoms with E-state index in [0.717, 1.165) is 57.0 Å². The van der Waals surface area contributed by atoms with Crippen molar-refractivity contribution in [3.05, 3.63) is 34.9 Å². The number of amides is 1. The Morgan fingerprint density at radius 3 is 2.61 bits per heavy atom. The maximum absolute atomic E-state index is 17.3. The Labute approximate surface area is 318 Å². The highest BCUT2D eigenvalue weighted by molar-refractivity contribution is 6.33. The number of piperazine rings is 1. The predicted octanol–water partition coefficient (Wildman–Crippen LogP) is 7.38. The number of benzene rings is 1. The van der Waals surface area contributed by atoms with Crippen molar-refractivity contribution in [3.8, 4) is 17.3 Å². The Balaban J connectivity index is 1.13. The van der Waals surface area contributed by atoms with Gasteiger partial charge in [-0.2, -0.15) is 15.1 Å². The molecular weight excluding hydrogens is 718 g/mol. The van der Waals surface area contributed by atoms with E-state index in [9.17, 15) is 9.18 Å². The standard InChI is InChI=1S/C39H47ClF2N8O4/c1-22-28(40)14-29-26(17-44-50(29)30-8-5-6-13-52-30)31(22)34-32(42)33-27(16-43-34)35(46-36(45-33)53-21-39-11-7-12-48(39)18-23(41)15-39)47-19-24-9-10-25(20-47)49(24)37(51)54-38(2,3)4/h14,16-17,23-25,30H,5-13,15,18-21H2,1-4H3/t23-,24?,25?,30?,39+/m1/s1. The fourth-order valence-electron chi connectivity index (χ4n) is 9.55. The van der Waals surface area contributed by atoms with Crippen molar-refractivity contribution in [2.24, 2.45) is 0 Å². The molecule has 9 rings (SSSR count). The van der Waals surface area contributed by atoms with Crippen LogP contribution < -0.4 is 9.64 Å². The molecule has 0 saturated carbocycles. The van der Waals surface area contributed by atoms with E-state index in [2.05, 4.69) is 14.9 Å². The summed E-state index contributed by atoms with van der Waals surface area (Å²) in [5.74, 6) is -0.144. The molecule has 5 saturated heterocycles. The van der Waals surface area contributed by atoms with Gasteiger partial charge in [-0.1, -0.05) is 11.6 Å². The minimum atomic E-state index is -0.920. The van der Waals surface area contributed by atoms with Crippen LogP contribution in [-0.2, 0) is 9.47 Å². The number of rotatable bonds is 6.